The number of aryl methyl sites for hydroxylation is 2. The second-order valence-electron chi connectivity index (χ2n) is 6.76. The topological polar surface area (TPSA) is 37.0 Å². The summed E-state index contributed by atoms with van der Waals surface area (Å²) in [6, 6.07) is 7.17. The molecule has 2 aromatic rings. The summed E-state index contributed by atoms with van der Waals surface area (Å²) in [5.41, 5.74) is 9.24. The molecule has 1 heterocycles. The van der Waals surface area contributed by atoms with Crippen LogP contribution in [0.4, 0.5) is 4.39 Å². The minimum Gasteiger partial charge on any atom is -0.359 e. The predicted octanol–water partition coefficient (Wildman–Crippen LogP) is 4.98. The number of halogens is 1. The smallest absolute Gasteiger partial charge is 0.126 e. The van der Waals surface area contributed by atoms with E-state index in [1.807, 2.05) is 31.2 Å². The van der Waals surface area contributed by atoms with Gasteiger partial charge in [0.05, 0.1) is 5.69 Å². The molecule has 146 valence electrons. The molecule has 0 radical (unpaired) electrons. The average Bonchev–Trinajstić information content (AvgIpc) is 2.67. The molecule has 0 fully saturated rings. The standard InChI is InChI=1S/C24H28FN3/c1-6-7-13-26-16-24-19(4)22(12-14-27-24)20(5)28-18(3)8-9-21-10-11-23(25)17(2)15-21/h7,10-12,14-15,26,28H,1,3,5,8-9,13,16H2,2,4H3. The van der Waals surface area contributed by atoms with Gasteiger partial charge in [-0.1, -0.05) is 31.9 Å². The minimum atomic E-state index is -0.173. The lowest BCUT2D eigenvalue weighted by Crippen LogP contribution is -2.17. The summed E-state index contributed by atoms with van der Waals surface area (Å²) in [6.07, 6.45) is 5.17. The molecular formula is C24H28FN3. The third-order valence-electron chi connectivity index (χ3n) is 4.58. The number of pyridine rings is 1. The lowest BCUT2D eigenvalue weighted by Gasteiger charge is -2.16. The van der Waals surface area contributed by atoms with Crippen molar-refractivity contribution in [1.82, 2.24) is 15.6 Å². The highest BCUT2D eigenvalue weighted by molar-refractivity contribution is 5.66. The van der Waals surface area contributed by atoms with E-state index >= 15 is 0 Å². The highest BCUT2D eigenvalue weighted by atomic mass is 19.1. The fourth-order valence-corrected chi connectivity index (χ4v) is 2.92. The fourth-order valence-electron chi connectivity index (χ4n) is 2.92. The Morgan fingerprint density at radius 1 is 1.25 bits per heavy atom. The van der Waals surface area contributed by atoms with E-state index in [-0.39, 0.29) is 5.82 Å². The molecule has 0 saturated carbocycles. The van der Waals surface area contributed by atoms with Crippen molar-refractivity contribution in [2.24, 2.45) is 0 Å². The van der Waals surface area contributed by atoms with Gasteiger partial charge in [0.15, 0.2) is 0 Å². The van der Waals surface area contributed by atoms with Crippen LogP contribution in [-0.2, 0) is 13.0 Å². The van der Waals surface area contributed by atoms with E-state index in [0.717, 1.165) is 46.6 Å². The number of allylic oxidation sites excluding steroid dienone is 1. The summed E-state index contributed by atoms with van der Waals surface area (Å²) in [6.45, 7) is 17.0. The third kappa shape index (κ3) is 6.05. The molecule has 28 heavy (non-hydrogen) atoms. The SMILES string of the molecule is C=C=CCNCc1nccc(C(=C)NC(=C)CCc2ccc(F)c(C)c2)c1C. The van der Waals surface area contributed by atoms with Crippen molar-refractivity contribution >= 4 is 5.70 Å². The van der Waals surface area contributed by atoms with Gasteiger partial charge in [0.1, 0.15) is 5.82 Å². The van der Waals surface area contributed by atoms with Gasteiger partial charge in [-0.3, -0.25) is 4.98 Å². The lowest BCUT2D eigenvalue weighted by molar-refractivity contribution is 0.617. The zero-order chi connectivity index (χ0) is 20.5. The Balaban J connectivity index is 1.94. The van der Waals surface area contributed by atoms with Crippen LogP contribution in [0.15, 0.2) is 67.7 Å². The van der Waals surface area contributed by atoms with E-state index in [0.29, 0.717) is 18.7 Å². The molecule has 1 aromatic carbocycles. The maximum absolute atomic E-state index is 13.4. The van der Waals surface area contributed by atoms with Crippen LogP contribution in [0.5, 0.6) is 0 Å². The molecule has 0 bridgehead atoms. The first-order chi connectivity index (χ1) is 13.4. The first-order valence-corrected chi connectivity index (χ1v) is 9.31. The van der Waals surface area contributed by atoms with Crippen LogP contribution < -0.4 is 10.6 Å². The maximum Gasteiger partial charge on any atom is 0.126 e. The van der Waals surface area contributed by atoms with Gasteiger partial charge in [-0.05, 0) is 61.6 Å². The Morgan fingerprint density at radius 3 is 2.75 bits per heavy atom. The van der Waals surface area contributed by atoms with Gasteiger partial charge in [-0.15, -0.1) is 5.73 Å². The molecule has 0 aliphatic heterocycles. The quantitative estimate of drug-likeness (QED) is 0.453. The molecule has 3 nitrogen and oxygen atoms in total. The number of hydrogen-bond acceptors (Lipinski definition) is 3. The van der Waals surface area contributed by atoms with Gasteiger partial charge in [0.25, 0.3) is 0 Å². The summed E-state index contributed by atoms with van der Waals surface area (Å²) < 4.78 is 13.4. The van der Waals surface area contributed by atoms with Gasteiger partial charge in [-0.2, -0.15) is 0 Å². The van der Waals surface area contributed by atoms with Crippen molar-refractivity contribution in [3.05, 3.63) is 101 Å². The Morgan fingerprint density at radius 2 is 2.04 bits per heavy atom. The highest BCUT2D eigenvalue weighted by Gasteiger charge is 2.09. The van der Waals surface area contributed by atoms with E-state index in [1.54, 1.807) is 13.1 Å². The fraction of sp³-hybridized carbons (Fsp3) is 0.250. The third-order valence-corrected chi connectivity index (χ3v) is 4.58. The second-order valence-corrected chi connectivity index (χ2v) is 6.76. The average molecular weight is 378 g/mol. The van der Waals surface area contributed by atoms with Crippen LogP contribution in [0, 0.1) is 19.7 Å². The van der Waals surface area contributed by atoms with E-state index in [4.69, 9.17) is 0 Å². The summed E-state index contributed by atoms with van der Waals surface area (Å²) in [7, 11) is 0. The van der Waals surface area contributed by atoms with Gasteiger partial charge in [-0.25, -0.2) is 4.39 Å². The van der Waals surface area contributed by atoms with Crippen LogP contribution in [0.1, 0.15) is 34.4 Å². The van der Waals surface area contributed by atoms with E-state index in [9.17, 15) is 4.39 Å². The van der Waals surface area contributed by atoms with Gasteiger partial charge >= 0.3 is 0 Å². The molecule has 4 heteroatoms. The van der Waals surface area contributed by atoms with Crippen LogP contribution in [0.3, 0.4) is 0 Å². The van der Waals surface area contributed by atoms with Crippen molar-refractivity contribution in [1.29, 1.82) is 0 Å². The first kappa shape index (κ1) is 21.4. The van der Waals surface area contributed by atoms with Crippen molar-refractivity contribution in [2.45, 2.75) is 33.2 Å². The van der Waals surface area contributed by atoms with Crippen LogP contribution in [0.2, 0.25) is 0 Å². The van der Waals surface area contributed by atoms with Crippen molar-refractivity contribution in [3.8, 4) is 0 Å². The highest BCUT2D eigenvalue weighted by Crippen LogP contribution is 2.19. The number of aromatic nitrogens is 1. The normalized spacial score (nSPS) is 10.2. The molecule has 1 aromatic heterocycles. The summed E-state index contributed by atoms with van der Waals surface area (Å²) >= 11 is 0. The maximum atomic E-state index is 13.4. The van der Waals surface area contributed by atoms with E-state index < -0.39 is 0 Å². The predicted molar refractivity (Wildman–Crippen MR) is 115 cm³/mol. The zero-order valence-electron chi connectivity index (χ0n) is 16.7. The zero-order valence-corrected chi connectivity index (χ0v) is 16.7. The number of rotatable bonds is 10. The van der Waals surface area contributed by atoms with E-state index in [1.165, 1.54) is 6.07 Å². The number of nitrogens with zero attached hydrogens (tertiary/aromatic N) is 1. The molecule has 0 spiro atoms. The number of hydrogen-bond donors (Lipinski definition) is 2. The van der Waals surface area contributed by atoms with Gasteiger partial charge in [0, 0.05) is 36.2 Å². The van der Waals surface area contributed by atoms with Gasteiger partial charge < -0.3 is 10.6 Å². The van der Waals surface area contributed by atoms with Crippen LogP contribution >= 0.6 is 0 Å². The number of benzene rings is 1. The largest absolute Gasteiger partial charge is 0.359 e. The van der Waals surface area contributed by atoms with Crippen molar-refractivity contribution in [3.63, 3.8) is 0 Å². The molecular weight excluding hydrogens is 349 g/mol. The van der Waals surface area contributed by atoms with Crippen molar-refractivity contribution in [2.75, 3.05) is 6.54 Å². The lowest BCUT2D eigenvalue weighted by atomic mass is 10.0. The first-order valence-electron chi connectivity index (χ1n) is 9.31. The molecule has 2 N–H and O–H groups in total. The summed E-state index contributed by atoms with van der Waals surface area (Å²) in [5, 5.41) is 6.58. The molecule has 0 aliphatic rings. The Labute approximate surface area is 167 Å². The summed E-state index contributed by atoms with van der Waals surface area (Å²) in [5.74, 6) is -0.173. The summed E-state index contributed by atoms with van der Waals surface area (Å²) in [4.78, 5) is 4.46. The Kier molecular flexibility index (Phi) is 7.94. The minimum absolute atomic E-state index is 0.173. The van der Waals surface area contributed by atoms with Crippen molar-refractivity contribution < 1.29 is 4.39 Å². The Bertz CT molecular complexity index is 908. The van der Waals surface area contributed by atoms with E-state index in [2.05, 4.69) is 41.1 Å². The Hall–Kier alpha value is -2.94. The molecule has 0 saturated heterocycles. The number of nitrogens with one attached hydrogen (secondary N) is 2. The van der Waals surface area contributed by atoms with Gasteiger partial charge in [0.2, 0.25) is 0 Å². The molecule has 0 amide bonds. The van der Waals surface area contributed by atoms with Crippen LogP contribution in [0.25, 0.3) is 5.70 Å². The van der Waals surface area contributed by atoms with Crippen LogP contribution in [-0.4, -0.2) is 11.5 Å². The second kappa shape index (κ2) is 10.4. The molecule has 0 aliphatic carbocycles. The monoisotopic (exact) mass is 377 g/mol. The molecule has 0 atom stereocenters. The molecule has 2 rings (SSSR count). The molecule has 0 unspecified atom stereocenters.